The highest BCUT2D eigenvalue weighted by Crippen LogP contribution is 2.41. The molecule has 0 bridgehead atoms. The van der Waals surface area contributed by atoms with Crippen LogP contribution in [0.2, 0.25) is 0 Å². The van der Waals surface area contributed by atoms with E-state index in [1.54, 1.807) is 36.4 Å². The Labute approximate surface area is 207 Å². The van der Waals surface area contributed by atoms with Gasteiger partial charge < -0.3 is 10.4 Å². The number of carboxylic acids is 1. The molecule has 0 spiro atoms. The second kappa shape index (κ2) is 10.5. The number of carbonyl (C=O) groups excluding carboxylic acids is 1. The summed E-state index contributed by atoms with van der Waals surface area (Å²) in [7, 11) is 0. The predicted octanol–water partition coefficient (Wildman–Crippen LogP) is 6.62. The molecule has 3 aromatic rings. The van der Waals surface area contributed by atoms with Gasteiger partial charge in [0.1, 0.15) is 0 Å². The molecule has 5 nitrogen and oxygen atoms in total. The number of carbonyl (C=O) groups is 2. The maximum absolute atomic E-state index is 13.4. The second-order valence-corrected chi connectivity index (χ2v) is 9.22. The minimum absolute atomic E-state index is 0.0106. The van der Waals surface area contributed by atoms with E-state index >= 15 is 0 Å². The maximum Gasteiger partial charge on any atom is 0.417 e. The molecule has 1 saturated carbocycles. The van der Waals surface area contributed by atoms with Gasteiger partial charge in [0.05, 0.1) is 11.5 Å². The average molecular weight is 497 g/mol. The van der Waals surface area contributed by atoms with Crippen molar-refractivity contribution in [1.82, 2.24) is 4.98 Å². The third-order valence-corrected chi connectivity index (χ3v) is 6.88. The van der Waals surface area contributed by atoms with Gasteiger partial charge in [0.2, 0.25) is 5.91 Å². The molecular formula is C28H27F3N2O3. The number of halogens is 3. The fourth-order valence-corrected chi connectivity index (χ4v) is 4.59. The number of amides is 1. The Morgan fingerprint density at radius 2 is 1.81 bits per heavy atom. The first kappa shape index (κ1) is 25.4. The lowest BCUT2D eigenvalue weighted by Crippen LogP contribution is -2.31. The molecule has 2 aromatic carbocycles. The second-order valence-electron chi connectivity index (χ2n) is 9.22. The van der Waals surface area contributed by atoms with E-state index in [-0.39, 0.29) is 18.2 Å². The lowest BCUT2D eigenvalue weighted by Gasteiger charge is -2.33. The van der Waals surface area contributed by atoms with Gasteiger partial charge in [-0.15, -0.1) is 0 Å². The van der Waals surface area contributed by atoms with E-state index in [0.717, 1.165) is 48.2 Å². The lowest BCUT2D eigenvalue weighted by atomic mass is 9.72. The number of carboxylic acid groups (broad SMARTS) is 1. The van der Waals surface area contributed by atoms with Crippen molar-refractivity contribution < 1.29 is 27.9 Å². The largest absolute Gasteiger partial charge is 0.481 e. The number of nitrogens with zero attached hydrogens (tertiary/aromatic N) is 1. The topological polar surface area (TPSA) is 79.3 Å². The van der Waals surface area contributed by atoms with Crippen LogP contribution in [0.4, 0.5) is 18.9 Å². The molecule has 0 unspecified atom stereocenters. The Hall–Kier alpha value is -3.68. The Morgan fingerprint density at radius 3 is 2.42 bits per heavy atom. The van der Waals surface area contributed by atoms with Gasteiger partial charge in [0.15, 0.2) is 0 Å². The molecular weight excluding hydrogens is 469 g/mol. The minimum Gasteiger partial charge on any atom is -0.481 e. The zero-order valence-corrected chi connectivity index (χ0v) is 19.8. The van der Waals surface area contributed by atoms with Gasteiger partial charge in [-0.2, -0.15) is 13.2 Å². The molecule has 1 atom stereocenters. The standard InChI is InChI=1S/C28H27F3N2O3/c1-17-18(12-13-25(34)35)4-3-7-24(17)33-27(36)26(20-5-2-6-20)21-10-8-19(9-11-21)22-14-23(16-32-15-22)28(29,30)31/h3-4,7-11,14-16,20,26H,2,5-6,12-13H2,1H3,(H,33,36)(H,34,35)/t26-/m1/s1. The quantitative estimate of drug-likeness (QED) is 0.368. The van der Waals surface area contributed by atoms with E-state index in [1.807, 2.05) is 13.0 Å². The monoisotopic (exact) mass is 496 g/mol. The molecule has 1 fully saturated rings. The fraction of sp³-hybridized carbons (Fsp3) is 0.321. The van der Waals surface area contributed by atoms with E-state index in [2.05, 4.69) is 10.3 Å². The van der Waals surface area contributed by atoms with Crippen molar-refractivity contribution in [1.29, 1.82) is 0 Å². The van der Waals surface area contributed by atoms with E-state index in [1.165, 1.54) is 6.20 Å². The normalized spacial score (nSPS) is 14.7. The third-order valence-electron chi connectivity index (χ3n) is 6.88. The van der Waals surface area contributed by atoms with Crippen LogP contribution in [0, 0.1) is 12.8 Å². The SMILES string of the molecule is Cc1c(CCC(=O)O)cccc1NC(=O)[C@@H](c1ccc(-c2cncc(C(F)(F)F)c2)cc1)C1CCC1. The number of rotatable bonds is 8. The van der Waals surface area contributed by atoms with Crippen LogP contribution in [0.25, 0.3) is 11.1 Å². The van der Waals surface area contributed by atoms with Crippen molar-refractivity contribution in [2.24, 2.45) is 5.92 Å². The summed E-state index contributed by atoms with van der Waals surface area (Å²) >= 11 is 0. The summed E-state index contributed by atoms with van der Waals surface area (Å²) in [5.74, 6) is -1.24. The smallest absolute Gasteiger partial charge is 0.417 e. The number of aromatic nitrogens is 1. The number of anilines is 1. The maximum atomic E-state index is 13.4. The minimum atomic E-state index is -4.47. The molecule has 188 valence electrons. The number of pyridine rings is 1. The van der Waals surface area contributed by atoms with Crippen molar-refractivity contribution in [3.63, 3.8) is 0 Å². The van der Waals surface area contributed by atoms with Crippen molar-refractivity contribution in [3.05, 3.63) is 83.2 Å². The van der Waals surface area contributed by atoms with Crippen molar-refractivity contribution >= 4 is 17.6 Å². The molecule has 0 radical (unpaired) electrons. The lowest BCUT2D eigenvalue weighted by molar-refractivity contribution is -0.138. The number of benzene rings is 2. The first-order valence-electron chi connectivity index (χ1n) is 11.9. The Balaban J connectivity index is 1.56. The Morgan fingerprint density at radius 1 is 1.08 bits per heavy atom. The number of nitrogens with one attached hydrogen (secondary N) is 1. The molecule has 1 aliphatic rings. The van der Waals surface area contributed by atoms with Gasteiger partial charge in [-0.1, -0.05) is 42.8 Å². The van der Waals surface area contributed by atoms with Gasteiger partial charge in [0, 0.05) is 30.1 Å². The van der Waals surface area contributed by atoms with Crippen LogP contribution in [0.15, 0.2) is 60.9 Å². The molecule has 4 rings (SSSR count). The van der Waals surface area contributed by atoms with Crippen molar-refractivity contribution in [2.45, 2.75) is 51.1 Å². The van der Waals surface area contributed by atoms with Crippen molar-refractivity contribution in [3.8, 4) is 11.1 Å². The molecule has 0 aliphatic heterocycles. The highest BCUT2D eigenvalue weighted by Gasteiger charge is 2.34. The van der Waals surface area contributed by atoms with Crippen LogP contribution in [-0.4, -0.2) is 22.0 Å². The Bertz CT molecular complexity index is 1250. The molecule has 1 amide bonds. The molecule has 1 heterocycles. The number of hydrogen-bond donors (Lipinski definition) is 2. The number of hydrogen-bond acceptors (Lipinski definition) is 3. The summed E-state index contributed by atoms with van der Waals surface area (Å²) < 4.78 is 39.2. The first-order chi connectivity index (χ1) is 17.1. The average Bonchev–Trinajstić information content (AvgIpc) is 2.81. The van der Waals surface area contributed by atoms with Gasteiger partial charge in [-0.05, 0) is 66.5 Å². The summed E-state index contributed by atoms with van der Waals surface area (Å²) in [5, 5.41) is 12.0. The summed E-state index contributed by atoms with van der Waals surface area (Å²) in [4.78, 5) is 28.1. The molecule has 2 N–H and O–H groups in total. The highest BCUT2D eigenvalue weighted by molar-refractivity contribution is 5.97. The van der Waals surface area contributed by atoms with Crippen LogP contribution in [0.1, 0.15) is 53.9 Å². The summed E-state index contributed by atoms with van der Waals surface area (Å²) in [5.41, 5.74) is 3.31. The highest BCUT2D eigenvalue weighted by atomic mass is 19.4. The molecule has 1 aromatic heterocycles. The fourth-order valence-electron chi connectivity index (χ4n) is 4.59. The van der Waals surface area contributed by atoms with E-state index in [4.69, 9.17) is 5.11 Å². The number of alkyl halides is 3. The Kier molecular flexibility index (Phi) is 7.43. The zero-order chi connectivity index (χ0) is 25.9. The van der Waals surface area contributed by atoms with Gasteiger partial charge >= 0.3 is 12.1 Å². The van der Waals surface area contributed by atoms with Crippen LogP contribution in [0.5, 0.6) is 0 Å². The van der Waals surface area contributed by atoms with Crippen LogP contribution in [-0.2, 0) is 22.2 Å². The molecule has 0 saturated heterocycles. The van der Waals surface area contributed by atoms with Crippen LogP contribution >= 0.6 is 0 Å². The molecule has 8 heteroatoms. The van der Waals surface area contributed by atoms with E-state index in [9.17, 15) is 22.8 Å². The summed E-state index contributed by atoms with van der Waals surface area (Å²) in [6.07, 6.45) is 1.00. The molecule has 36 heavy (non-hydrogen) atoms. The van der Waals surface area contributed by atoms with Gasteiger partial charge in [-0.3, -0.25) is 14.6 Å². The first-order valence-corrected chi connectivity index (χ1v) is 11.9. The summed E-state index contributed by atoms with van der Waals surface area (Å²) in [6, 6.07) is 13.6. The number of aliphatic carboxylic acids is 1. The van der Waals surface area contributed by atoms with Gasteiger partial charge in [-0.25, -0.2) is 0 Å². The van der Waals surface area contributed by atoms with Crippen LogP contribution in [0.3, 0.4) is 0 Å². The van der Waals surface area contributed by atoms with E-state index in [0.29, 0.717) is 23.2 Å². The number of aryl methyl sites for hydroxylation is 1. The summed E-state index contributed by atoms with van der Waals surface area (Å²) in [6.45, 7) is 1.86. The van der Waals surface area contributed by atoms with Crippen molar-refractivity contribution in [2.75, 3.05) is 5.32 Å². The zero-order valence-electron chi connectivity index (χ0n) is 19.8. The van der Waals surface area contributed by atoms with Crippen LogP contribution < -0.4 is 5.32 Å². The molecule has 1 aliphatic carbocycles. The van der Waals surface area contributed by atoms with Gasteiger partial charge in [0.25, 0.3) is 0 Å². The van der Waals surface area contributed by atoms with E-state index < -0.39 is 23.6 Å². The third kappa shape index (κ3) is 5.75. The predicted molar refractivity (Wildman–Crippen MR) is 131 cm³/mol.